The van der Waals surface area contributed by atoms with Gasteiger partial charge in [-0.25, -0.2) is 0 Å². The molecule has 4 heteroatoms. The second kappa shape index (κ2) is 9.23. The van der Waals surface area contributed by atoms with E-state index in [4.69, 9.17) is 16.2 Å². The minimum Gasteiger partial charge on any atom is -0.493 e. The van der Waals surface area contributed by atoms with E-state index in [9.17, 15) is 4.79 Å². The monoisotopic (exact) mass is 278 g/mol. The van der Waals surface area contributed by atoms with Gasteiger partial charge in [0.05, 0.1) is 12.2 Å². The fourth-order valence-electron chi connectivity index (χ4n) is 2.10. The van der Waals surface area contributed by atoms with Crippen molar-refractivity contribution in [2.75, 3.05) is 12.3 Å². The van der Waals surface area contributed by atoms with Crippen LogP contribution in [0.1, 0.15) is 62.2 Å². The van der Waals surface area contributed by atoms with E-state index in [-0.39, 0.29) is 0 Å². The van der Waals surface area contributed by atoms with Gasteiger partial charge >= 0.3 is 0 Å². The molecule has 0 aliphatic heterocycles. The van der Waals surface area contributed by atoms with Crippen LogP contribution in [0, 0.1) is 0 Å². The summed E-state index contributed by atoms with van der Waals surface area (Å²) >= 11 is 0. The highest BCUT2D eigenvalue weighted by atomic mass is 16.5. The summed E-state index contributed by atoms with van der Waals surface area (Å²) < 4.78 is 5.63. The van der Waals surface area contributed by atoms with Gasteiger partial charge in [-0.3, -0.25) is 4.79 Å². The molecule has 0 saturated heterocycles. The van der Waals surface area contributed by atoms with E-state index < -0.39 is 5.91 Å². The Bertz CT molecular complexity index is 419. The Morgan fingerprint density at radius 3 is 2.40 bits per heavy atom. The summed E-state index contributed by atoms with van der Waals surface area (Å²) in [7, 11) is 0. The number of hydrogen-bond acceptors (Lipinski definition) is 3. The third kappa shape index (κ3) is 5.95. The van der Waals surface area contributed by atoms with Gasteiger partial charge in [0.2, 0.25) is 0 Å². The molecule has 1 aromatic carbocycles. The zero-order valence-corrected chi connectivity index (χ0v) is 12.4. The van der Waals surface area contributed by atoms with Crippen molar-refractivity contribution >= 4 is 11.6 Å². The van der Waals surface area contributed by atoms with Crippen LogP contribution in [-0.2, 0) is 0 Å². The molecule has 0 aliphatic carbocycles. The molecule has 0 bridgehead atoms. The highest BCUT2D eigenvalue weighted by Crippen LogP contribution is 2.21. The molecule has 1 rings (SSSR count). The van der Waals surface area contributed by atoms with Crippen molar-refractivity contribution in [1.29, 1.82) is 0 Å². The van der Waals surface area contributed by atoms with Crippen molar-refractivity contribution in [3.8, 4) is 5.75 Å². The third-order valence-electron chi connectivity index (χ3n) is 3.28. The minimum atomic E-state index is -0.487. The molecule has 0 radical (unpaired) electrons. The van der Waals surface area contributed by atoms with Crippen molar-refractivity contribution in [3.63, 3.8) is 0 Å². The number of carbonyl (C=O) groups is 1. The lowest BCUT2D eigenvalue weighted by Crippen LogP contribution is -2.13. The lowest BCUT2D eigenvalue weighted by molar-refractivity contribution is 0.0996. The Balaban J connectivity index is 2.28. The first kappa shape index (κ1) is 16.3. The van der Waals surface area contributed by atoms with Gasteiger partial charge in [0.1, 0.15) is 5.75 Å². The molecule has 0 aromatic heterocycles. The summed E-state index contributed by atoms with van der Waals surface area (Å²) in [5, 5.41) is 0. The molecule has 4 N–H and O–H groups in total. The topological polar surface area (TPSA) is 78.3 Å². The van der Waals surface area contributed by atoms with Crippen molar-refractivity contribution in [3.05, 3.63) is 23.8 Å². The van der Waals surface area contributed by atoms with E-state index in [1.807, 2.05) is 0 Å². The highest BCUT2D eigenvalue weighted by Gasteiger charge is 2.09. The molecule has 1 aromatic rings. The van der Waals surface area contributed by atoms with E-state index in [0.717, 1.165) is 12.8 Å². The number of nitrogen functional groups attached to an aromatic ring is 1. The average Bonchev–Trinajstić information content (AvgIpc) is 2.41. The molecule has 20 heavy (non-hydrogen) atoms. The smallest absolute Gasteiger partial charge is 0.252 e. The van der Waals surface area contributed by atoms with Gasteiger partial charge in [-0.15, -0.1) is 0 Å². The largest absolute Gasteiger partial charge is 0.493 e. The zero-order valence-electron chi connectivity index (χ0n) is 12.4. The van der Waals surface area contributed by atoms with Crippen LogP contribution in [0.2, 0.25) is 0 Å². The molecule has 1 amide bonds. The summed E-state index contributed by atoms with van der Waals surface area (Å²) in [5.74, 6) is 0.00282. The molecule has 0 spiro atoms. The van der Waals surface area contributed by atoms with Gasteiger partial charge in [-0.2, -0.15) is 0 Å². The van der Waals surface area contributed by atoms with Crippen molar-refractivity contribution in [2.24, 2.45) is 5.73 Å². The van der Waals surface area contributed by atoms with Crippen LogP contribution in [0.4, 0.5) is 5.69 Å². The average molecular weight is 278 g/mol. The van der Waals surface area contributed by atoms with E-state index in [1.54, 1.807) is 18.2 Å². The first-order valence-corrected chi connectivity index (χ1v) is 7.47. The highest BCUT2D eigenvalue weighted by molar-refractivity contribution is 5.96. The van der Waals surface area contributed by atoms with Gasteiger partial charge < -0.3 is 16.2 Å². The summed E-state index contributed by atoms with van der Waals surface area (Å²) in [4.78, 5) is 11.3. The van der Waals surface area contributed by atoms with E-state index in [1.165, 1.54) is 32.1 Å². The van der Waals surface area contributed by atoms with Crippen LogP contribution >= 0.6 is 0 Å². The Labute approximate surface area is 121 Å². The van der Waals surface area contributed by atoms with E-state index in [2.05, 4.69) is 6.92 Å². The zero-order chi connectivity index (χ0) is 14.8. The number of nitrogens with two attached hydrogens (primary N) is 2. The number of benzene rings is 1. The Hall–Kier alpha value is -1.71. The maximum Gasteiger partial charge on any atom is 0.252 e. The maximum absolute atomic E-state index is 11.3. The predicted molar refractivity (Wildman–Crippen MR) is 82.9 cm³/mol. The third-order valence-corrected chi connectivity index (χ3v) is 3.28. The first-order chi connectivity index (χ1) is 9.65. The Kier molecular flexibility index (Phi) is 7.55. The van der Waals surface area contributed by atoms with Crippen molar-refractivity contribution in [2.45, 2.75) is 51.9 Å². The number of carbonyl (C=O) groups excluding carboxylic acids is 1. The maximum atomic E-state index is 11.3. The van der Waals surface area contributed by atoms with Crippen LogP contribution in [0.25, 0.3) is 0 Å². The van der Waals surface area contributed by atoms with Crippen LogP contribution in [0.5, 0.6) is 5.75 Å². The van der Waals surface area contributed by atoms with Crippen LogP contribution in [0.3, 0.4) is 0 Å². The summed E-state index contributed by atoms with van der Waals surface area (Å²) in [6.07, 6.45) is 8.58. The molecule has 0 saturated carbocycles. The number of unbranched alkanes of at least 4 members (excludes halogenated alkanes) is 6. The van der Waals surface area contributed by atoms with Crippen LogP contribution < -0.4 is 16.2 Å². The first-order valence-electron chi connectivity index (χ1n) is 7.47. The molecular weight excluding hydrogens is 252 g/mol. The number of hydrogen-bond donors (Lipinski definition) is 2. The molecule has 4 nitrogen and oxygen atoms in total. The molecule has 0 heterocycles. The second-order valence-corrected chi connectivity index (χ2v) is 5.09. The standard InChI is InChI=1S/C16H26N2O2/c1-2-3-4-5-6-7-8-11-20-15-12-13(17)9-10-14(15)16(18)19/h9-10,12H,2-8,11,17H2,1H3,(H2,18,19). The number of anilines is 1. The number of amides is 1. The molecule has 0 aliphatic rings. The quantitative estimate of drug-likeness (QED) is 0.508. The predicted octanol–water partition coefficient (Wildman–Crippen LogP) is 3.50. The number of rotatable bonds is 10. The molecule has 0 fully saturated rings. The SMILES string of the molecule is CCCCCCCCCOc1cc(N)ccc1C(N)=O. The second-order valence-electron chi connectivity index (χ2n) is 5.09. The molecule has 0 unspecified atom stereocenters. The molecular formula is C16H26N2O2. The lowest BCUT2D eigenvalue weighted by atomic mass is 10.1. The van der Waals surface area contributed by atoms with Crippen molar-refractivity contribution in [1.82, 2.24) is 0 Å². The van der Waals surface area contributed by atoms with E-state index in [0.29, 0.717) is 23.6 Å². The fourth-order valence-corrected chi connectivity index (χ4v) is 2.10. The molecule has 0 atom stereocenters. The lowest BCUT2D eigenvalue weighted by Gasteiger charge is -2.10. The number of ether oxygens (including phenoxy) is 1. The Morgan fingerprint density at radius 1 is 1.10 bits per heavy atom. The van der Waals surface area contributed by atoms with Gasteiger partial charge in [0, 0.05) is 11.8 Å². The van der Waals surface area contributed by atoms with E-state index >= 15 is 0 Å². The van der Waals surface area contributed by atoms with Gasteiger partial charge in [0.15, 0.2) is 0 Å². The van der Waals surface area contributed by atoms with Gasteiger partial charge in [-0.1, -0.05) is 45.4 Å². The summed E-state index contributed by atoms with van der Waals surface area (Å²) in [6, 6.07) is 4.92. The summed E-state index contributed by atoms with van der Waals surface area (Å²) in [5.41, 5.74) is 12.0. The van der Waals surface area contributed by atoms with Crippen molar-refractivity contribution < 1.29 is 9.53 Å². The fraction of sp³-hybridized carbons (Fsp3) is 0.562. The van der Waals surface area contributed by atoms with Crippen LogP contribution in [0.15, 0.2) is 18.2 Å². The van der Waals surface area contributed by atoms with Gasteiger partial charge in [0.25, 0.3) is 5.91 Å². The Morgan fingerprint density at radius 2 is 1.75 bits per heavy atom. The molecule has 112 valence electrons. The van der Waals surface area contributed by atoms with Crippen LogP contribution in [-0.4, -0.2) is 12.5 Å². The van der Waals surface area contributed by atoms with Gasteiger partial charge in [-0.05, 0) is 18.6 Å². The summed E-state index contributed by atoms with van der Waals surface area (Å²) in [6.45, 7) is 2.81. The normalized spacial score (nSPS) is 10.4. The minimum absolute atomic E-state index is 0.391. The number of primary amides is 1.